The highest BCUT2D eigenvalue weighted by molar-refractivity contribution is 6.05. The van der Waals surface area contributed by atoms with Gasteiger partial charge in [0.1, 0.15) is 11.5 Å². The lowest BCUT2D eigenvalue weighted by molar-refractivity contribution is 0.102. The summed E-state index contributed by atoms with van der Waals surface area (Å²) >= 11 is 0. The van der Waals surface area contributed by atoms with E-state index in [9.17, 15) is 4.79 Å². The Balaban J connectivity index is 1.78. The number of ether oxygens (including phenoxy) is 1. The number of carbonyl (C=O) groups excluding carboxylic acids is 1. The van der Waals surface area contributed by atoms with Crippen molar-refractivity contribution in [2.45, 2.75) is 27.2 Å². The van der Waals surface area contributed by atoms with E-state index in [0.29, 0.717) is 22.7 Å². The Morgan fingerprint density at radius 2 is 1.85 bits per heavy atom. The second kappa shape index (κ2) is 7.83. The first-order valence-corrected chi connectivity index (χ1v) is 8.68. The molecule has 0 saturated carbocycles. The summed E-state index contributed by atoms with van der Waals surface area (Å²) in [6.45, 7) is 5.84. The van der Waals surface area contributed by atoms with Crippen molar-refractivity contribution >= 4 is 11.6 Å². The molecule has 0 spiro atoms. The Labute approximate surface area is 153 Å². The molecule has 0 atom stereocenters. The van der Waals surface area contributed by atoms with Gasteiger partial charge in [-0.15, -0.1) is 0 Å². The summed E-state index contributed by atoms with van der Waals surface area (Å²) in [6.07, 6.45) is 0.895. The van der Waals surface area contributed by atoms with Crippen LogP contribution >= 0.6 is 0 Å². The zero-order valence-electron chi connectivity index (χ0n) is 15.2. The van der Waals surface area contributed by atoms with Gasteiger partial charge in [-0.25, -0.2) is 0 Å². The molecule has 0 fully saturated rings. The maximum absolute atomic E-state index is 12.5. The molecule has 0 aliphatic carbocycles. The lowest BCUT2D eigenvalue weighted by Crippen LogP contribution is -2.14. The largest absolute Gasteiger partial charge is 0.457 e. The van der Waals surface area contributed by atoms with Crippen molar-refractivity contribution in [1.82, 2.24) is 4.98 Å². The van der Waals surface area contributed by atoms with Crippen LogP contribution in [0.25, 0.3) is 0 Å². The van der Waals surface area contributed by atoms with Gasteiger partial charge in [0, 0.05) is 17.4 Å². The first kappa shape index (κ1) is 17.7. The van der Waals surface area contributed by atoms with E-state index in [1.807, 2.05) is 68.4 Å². The number of para-hydroxylation sites is 1. The summed E-state index contributed by atoms with van der Waals surface area (Å²) in [5, 5.41) is 2.91. The Morgan fingerprint density at radius 1 is 1.04 bits per heavy atom. The molecule has 3 rings (SSSR count). The molecule has 1 aromatic heterocycles. The average molecular weight is 346 g/mol. The number of hydrogen-bond donors (Lipinski definition) is 1. The fourth-order valence-corrected chi connectivity index (χ4v) is 2.78. The number of aryl methyl sites for hydroxylation is 3. The van der Waals surface area contributed by atoms with Crippen LogP contribution in [-0.4, -0.2) is 10.9 Å². The van der Waals surface area contributed by atoms with Crippen LogP contribution in [-0.2, 0) is 6.42 Å². The number of carbonyl (C=O) groups is 1. The molecule has 0 aliphatic rings. The maximum Gasteiger partial charge on any atom is 0.257 e. The fraction of sp³-hybridized carbons (Fsp3) is 0.182. The molecule has 0 radical (unpaired) electrons. The molecule has 1 amide bonds. The summed E-state index contributed by atoms with van der Waals surface area (Å²) in [5.74, 6) is 1.33. The van der Waals surface area contributed by atoms with Crippen LogP contribution in [0.3, 0.4) is 0 Å². The molecule has 4 nitrogen and oxygen atoms in total. The zero-order valence-corrected chi connectivity index (χ0v) is 15.2. The van der Waals surface area contributed by atoms with E-state index in [-0.39, 0.29) is 5.91 Å². The fourth-order valence-electron chi connectivity index (χ4n) is 2.78. The van der Waals surface area contributed by atoms with E-state index in [1.54, 1.807) is 6.07 Å². The molecule has 4 heteroatoms. The van der Waals surface area contributed by atoms with Crippen LogP contribution in [0.1, 0.15) is 34.2 Å². The number of nitrogens with zero attached hydrogens (tertiary/aromatic N) is 1. The number of pyridine rings is 1. The number of aromatic nitrogens is 1. The van der Waals surface area contributed by atoms with Gasteiger partial charge in [0.15, 0.2) is 0 Å². The standard InChI is InChI=1S/C22H22N2O2/c1-4-17-8-5-6-11-21(17)26-19-10-7-9-18(14-19)24-22(25)20-13-12-15(2)23-16(20)3/h5-14H,4H2,1-3H3,(H,24,25). The van der Waals surface area contributed by atoms with Gasteiger partial charge in [-0.05, 0) is 56.2 Å². The van der Waals surface area contributed by atoms with Gasteiger partial charge in [0.25, 0.3) is 5.91 Å². The molecular weight excluding hydrogens is 324 g/mol. The normalized spacial score (nSPS) is 10.4. The molecule has 0 aliphatic heterocycles. The molecule has 1 N–H and O–H groups in total. The molecule has 26 heavy (non-hydrogen) atoms. The molecule has 1 heterocycles. The van der Waals surface area contributed by atoms with Crippen molar-refractivity contribution in [1.29, 1.82) is 0 Å². The predicted molar refractivity (Wildman–Crippen MR) is 104 cm³/mol. The van der Waals surface area contributed by atoms with Gasteiger partial charge in [-0.1, -0.05) is 31.2 Å². The van der Waals surface area contributed by atoms with Crippen molar-refractivity contribution in [3.8, 4) is 11.5 Å². The van der Waals surface area contributed by atoms with Gasteiger partial charge in [-0.3, -0.25) is 9.78 Å². The summed E-state index contributed by atoms with van der Waals surface area (Å²) in [6, 6.07) is 19.0. The molecule has 0 unspecified atom stereocenters. The highest BCUT2D eigenvalue weighted by Crippen LogP contribution is 2.27. The van der Waals surface area contributed by atoms with Crippen LogP contribution in [0.2, 0.25) is 0 Å². The molecule has 2 aromatic carbocycles. The monoisotopic (exact) mass is 346 g/mol. The SMILES string of the molecule is CCc1ccccc1Oc1cccc(NC(=O)c2ccc(C)nc2C)c1. The highest BCUT2D eigenvalue weighted by atomic mass is 16.5. The Morgan fingerprint density at radius 3 is 2.62 bits per heavy atom. The zero-order chi connectivity index (χ0) is 18.5. The number of hydrogen-bond acceptors (Lipinski definition) is 3. The van der Waals surface area contributed by atoms with E-state index in [4.69, 9.17) is 4.74 Å². The van der Waals surface area contributed by atoms with Crippen molar-refractivity contribution in [2.24, 2.45) is 0 Å². The minimum atomic E-state index is -0.180. The second-order valence-corrected chi connectivity index (χ2v) is 6.13. The molecular formula is C22H22N2O2. The molecule has 0 saturated heterocycles. The Kier molecular flexibility index (Phi) is 5.32. The van der Waals surface area contributed by atoms with Crippen molar-refractivity contribution < 1.29 is 9.53 Å². The topological polar surface area (TPSA) is 51.2 Å². The van der Waals surface area contributed by atoms with Crippen molar-refractivity contribution in [3.05, 3.63) is 83.2 Å². The highest BCUT2D eigenvalue weighted by Gasteiger charge is 2.11. The van der Waals surface area contributed by atoms with E-state index < -0.39 is 0 Å². The number of anilines is 1. The van der Waals surface area contributed by atoms with Crippen molar-refractivity contribution in [3.63, 3.8) is 0 Å². The number of amides is 1. The molecule has 3 aromatic rings. The van der Waals surface area contributed by atoms with Crippen molar-refractivity contribution in [2.75, 3.05) is 5.32 Å². The summed E-state index contributed by atoms with van der Waals surface area (Å²) in [5.41, 5.74) is 4.00. The lowest BCUT2D eigenvalue weighted by Gasteiger charge is -2.12. The quantitative estimate of drug-likeness (QED) is 0.681. The Bertz CT molecular complexity index is 935. The molecule has 132 valence electrons. The average Bonchev–Trinajstić information content (AvgIpc) is 2.62. The summed E-state index contributed by atoms with van der Waals surface area (Å²) in [4.78, 5) is 16.9. The second-order valence-electron chi connectivity index (χ2n) is 6.13. The first-order valence-electron chi connectivity index (χ1n) is 8.68. The first-order chi connectivity index (χ1) is 12.6. The van der Waals surface area contributed by atoms with Crippen LogP contribution in [0, 0.1) is 13.8 Å². The maximum atomic E-state index is 12.5. The Hall–Kier alpha value is -3.14. The summed E-state index contributed by atoms with van der Waals surface area (Å²) in [7, 11) is 0. The number of benzene rings is 2. The lowest BCUT2D eigenvalue weighted by atomic mass is 10.1. The van der Waals surface area contributed by atoms with E-state index in [0.717, 1.165) is 23.4 Å². The third kappa shape index (κ3) is 4.09. The van der Waals surface area contributed by atoms with Gasteiger partial charge >= 0.3 is 0 Å². The van der Waals surface area contributed by atoms with Gasteiger partial charge in [-0.2, -0.15) is 0 Å². The number of nitrogens with one attached hydrogen (secondary N) is 1. The smallest absolute Gasteiger partial charge is 0.257 e. The van der Waals surface area contributed by atoms with Crippen LogP contribution in [0.5, 0.6) is 11.5 Å². The minimum absolute atomic E-state index is 0.180. The predicted octanol–water partition coefficient (Wildman–Crippen LogP) is 5.31. The van der Waals surface area contributed by atoms with E-state index >= 15 is 0 Å². The number of rotatable bonds is 5. The van der Waals surface area contributed by atoms with Crippen LogP contribution in [0.15, 0.2) is 60.7 Å². The van der Waals surface area contributed by atoms with Gasteiger partial charge in [0.2, 0.25) is 0 Å². The van der Waals surface area contributed by atoms with Gasteiger partial charge < -0.3 is 10.1 Å². The van der Waals surface area contributed by atoms with E-state index in [1.165, 1.54) is 0 Å². The van der Waals surface area contributed by atoms with Crippen LogP contribution < -0.4 is 10.1 Å². The molecule has 0 bridgehead atoms. The van der Waals surface area contributed by atoms with Gasteiger partial charge in [0.05, 0.1) is 11.3 Å². The van der Waals surface area contributed by atoms with Crippen LogP contribution in [0.4, 0.5) is 5.69 Å². The summed E-state index contributed by atoms with van der Waals surface area (Å²) < 4.78 is 6.00. The third-order valence-electron chi connectivity index (χ3n) is 4.14. The van der Waals surface area contributed by atoms with E-state index in [2.05, 4.69) is 17.2 Å². The third-order valence-corrected chi connectivity index (χ3v) is 4.14. The minimum Gasteiger partial charge on any atom is -0.457 e.